The fourth-order valence-corrected chi connectivity index (χ4v) is 2.42. The molecule has 0 unspecified atom stereocenters. The molecule has 1 aromatic heterocycles. The molecule has 2 aromatic rings. The summed E-state index contributed by atoms with van der Waals surface area (Å²) in [6.07, 6.45) is 0. The van der Waals surface area contributed by atoms with E-state index in [0.29, 0.717) is 10.5 Å². The number of pyridine rings is 1. The van der Waals surface area contributed by atoms with E-state index in [-0.39, 0.29) is 5.69 Å². The first-order chi connectivity index (χ1) is 8.04. The second-order valence-corrected chi connectivity index (χ2v) is 4.81. The van der Waals surface area contributed by atoms with Crippen molar-refractivity contribution in [2.45, 2.75) is 6.92 Å². The van der Waals surface area contributed by atoms with E-state index >= 15 is 0 Å². The first kappa shape index (κ1) is 12.3. The van der Waals surface area contributed by atoms with E-state index in [1.165, 1.54) is 7.11 Å². The average molecular weight is 315 g/mol. The lowest BCUT2D eigenvalue weighted by Gasteiger charge is -2.07. The van der Waals surface area contributed by atoms with Crippen molar-refractivity contribution in [1.82, 2.24) is 4.98 Å². The molecule has 0 amide bonds. The van der Waals surface area contributed by atoms with Crippen LogP contribution in [0.3, 0.4) is 0 Å². The number of halogens is 2. The van der Waals surface area contributed by atoms with Crippen molar-refractivity contribution < 1.29 is 9.53 Å². The van der Waals surface area contributed by atoms with Crippen LogP contribution in [0, 0.1) is 6.92 Å². The first-order valence-corrected chi connectivity index (χ1v) is 6.05. The third kappa shape index (κ3) is 2.15. The zero-order valence-electron chi connectivity index (χ0n) is 9.25. The smallest absolute Gasteiger partial charge is 0.356 e. The molecular weight excluding hydrogens is 305 g/mol. The first-order valence-electron chi connectivity index (χ1n) is 4.88. The highest BCUT2D eigenvalue weighted by atomic mass is 79.9. The standard InChI is InChI=1S/C12H9BrClNO2/c1-6-5-8(13)11-7(10(6)14)3-4-9(15-11)12(16)17-2/h3-5H,1-2H3. The Bertz CT molecular complexity index is 613. The number of carbonyl (C=O) groups is 1. The summed E-state index contributed by atoms with van der Waals surface area (Å²) in [6, 6.07) is 5.25. The van der Waals surface area contributed by atoms with Gasteiger partial charge in [0, 0.05) is 9.86 Å². The number of aryl methyl sites for hydroxylation is 1. The summed E-state index contributed by atoms with van der Waals surface area (Å²) >= 11 is 9.60. The monoisotopic (exact) mass is 313 g/mol. The number of methoxy groups -OCH3 is 1. The third-order valence-corrected chi connectivity index (χ3v) is 3.55. The van der Waals surface area contributed by atoms with E-state index in [9.17, 15) is 4.79 Å². The highest BCUT2D eigenvalue weighted by molar-refractivity contribution is 9.10. The minimum absolute atomic E-state index is 0.264. The molecule has 0 bridgehead atoms. The quantitative estimate of drug-likeness (QED) is 0.753. The van der Waals surface area contributed by atoms with Crippen molar-refractivity contribution >= 4 is 44.4 Å². The van der Waals surface area contributed by atoms with Crippen molar-refractivity contribution in [3.8, 4) is 0 Å². The number of hydrogen-bond donors (Lipinski definition) is 0. The Balaban J connectivity index is 2.74. The molecule has 0 saturated carbocycles. The van der Waals surface area contributed by atoms with Crippen LogP contribution in [-0.2, 0) is 4.74 Å². The lowest BCUT2D eigenvalue weighted by Crippen LogP contribution is -2.04. The lowest BCUT2D eigenvalue weighted by atomic mass is 10.1. The van der Waals surface area contributed by atoms with Crippen LogP contribution < -0.4 is 0 Å². The Morgan fingerprint density at radius 3 is 2.82 bits per heavy atom. The van der Waals surface area contributed by atoms with E-state index in [2.05, 4.69) is 25.7 Å². The molecule has 0 saturated heterocycles. The zero-order chi connectivity index (χ0) is 12.6. The van der Waals surface area contributed by atoms with Crippen LogP contribution in [0.5, 0.6) is 0 Å². The Hall–Kier alpha value is -1.13. The van der Waals surface area contributed by atoms with Crippen molar-refractivity contribution in [2.24, 2.45) is 0 Å². The average Bonchev–Trinajstić information content (AvgIpc) is 2.34. The Morgan fingerprint density at radius 2 is 2.18 bits per heavy atom. The lowest BCUT2D eigenvalue weighted by molar-refractivity contribution is 0.0594. The summed E-state index contributed by atoms with van der Waals surface area (Å²) in [7, 11) is 1.32. The molecule has 0 N–H and O–H groups in total. The molecule has 88 valence electrons. The summed E-state index contributed by atoms with van der Waals surface area (Å²) in [4.78, 5) is 15.6. The summed E-state index contributed by atoms with van der Waals surface area (Å²) < 4.78 is 5.43. The summed E-state index contributed by atoms with van der Waals surface area (Å²) in [6.45, 7) is 1.92. The highest BCUT2D eigenvalue weighted by Gasteiger charge is 2.12. The van der Waals surface area contributed by atoms with Gasteiger partial charge < -0.3 is 4.74 Å². The van der Waals surface area contributed by atoms with Crippen LogP contribution in [0.4, 0.5) is 0 Å². The van der Waals surface area contributed by atoms with Gasteiger partial charge in [-0.1, -0.05) is 11.6 Å². The summed E-state index contributed by atoms with van der Waals surface area (Å²) in [5.74, 6) is -0.463. The van der Waals surface area contributed by atoms with Gasteiger partial charge in [-0.25, -0.2) is 9.78 Å². The number of rotatable bonds is 1. The predicted molar refractivity (Wildman–Crippen MR) is 70.5 cm³/mol. The fourth-order valence-electron chi connectivity index (χ4n) is 1.57. The minimum Gasteiger partial charge on any atom is -0.464 e. The van der Waals surface area contributed by atoms with Gasteiger partial charge >= 0.3 is 5.97 Å². The van der Waals surface area contributed by atoms with Gasteiger partial charge in [-0.15, -0.1) is 0 Å². The molecular formula is C12H9BrClNO2. The molecule has 5 heteroatoms. The molecule has 0 atom stereocenters. The minimum atomic E-state index is -0.463. The molecule has 0 radical (unpaired) electrons. The van der Waals surface area contributed by atoms with E-state index in [0.717, 1.165) is 15.4 Å². The van der Waals surface area contributed by atoms with Gasteiger partial charge in [0.15, 0.2) is 0 Å². The van der Waals surface area contributed by atoms with Crippen molar-refractivity contribution in [3.05, 3.63) is 39.0 Å². The summed E-state index contributed by atoms with van der Waals surface area (Å²) in [5, 5.41) is 1.46. The molecule has 0 spiro atoms. The molecule has 1 aromatic carbocycles. The normalized spacial score (nSPS) is 10.6. The third-order valence-electron chi connectivity index (χ3n) is 2.44. The van der Waals surface area contributed by atoms with Gasteiger partial charge in [0.1, 0.15) is 5.69 Å². The molecule has 0 aliphatic heterocycles. The van der Waals surface area contributed by atoms with E-state index < -0.39 is 5.97 Å². The van der Waals surface area contributed by atoms with Crippen LogP contribution in [0.1, 0.15) is 16.1 Å². The zero-order valence-corrected chi connectivity index (χ0v) is 11.6. The maximum absolute atomic E-state index is 11.4. The van der Waals surface area contributed by atoms with Crippen LogP contribution in [0.2, 0.25) is 5.02 Å². The van der Waals surface area contributed by atoms with Gasteiger partial charge in [0.25, 0.3) is 0 Å². The number of benzene rings is 1. The number of carbonyl (C=O) groups excluding carboxylic acids is 1. The second kappa shape index (κ2) is 4.63. The molecule has 3 nitrogen and oxygen atoms in total. The Kier molecular flexibility index (Phi) is 3.35. The molecule has 0 aliphatic rings. The van der Waals surface area contributed by atoms with Gasteiger partial charge in [-0.2, -0.15) is 0 Å². The maximum atomic E-state index is 11.4. The molecule has 0 fully saturated rings. The van der Waals surface area contributed by atoms with Crippen molar-refractivity contribution in [3.63, 3.8) is 0 Å². The predicted octanol–water partition coefficient (Wildman–Crippen LogP) is 3.75. The van der Waals surface area contributed by atoms with Gasteiger partial charge in [0.2, 0.25) is 0 Å². The highest BCUT2D eigenvalue weighted by Crippen LogP contribution is 2.31. The van der Waals surface area contributed by atoms with Crippen LogP contribution in [0.25, 0.3) is 10.9 Å². The SMILES string of the molecule is COC(=O)c1ccc2c(Cl)c(C)cc(Br)c2n1. The van der Waals surface area contributed by atoms with Crippen LogP contribution in [0.15, 0.2) is 22.7 Å². The Morgan fingerprint density at radius 1 is 1.47 bits per heavy atom. The van der Waals surface area contributed by atoms with Crippen molar-refractivity contribution in [2.75, 3.05) is 7.11 Å². The number of esters is 1. The molecule has 1 heterocycles. The molecule has 2 rings (SSSR count). The number of fused-ring (bicyclic) bond motifs is 1. The van der Waals surface area contributed by atoms with Crippen molar-refractivity contribution in [1.29, 1.82) is 0 Å². The Labute approximate surface area is 112 Å². The van der Waals surface area contributed by atoms with Crippen LogP contribution >= 0.6 is 27.5 Å². The van der Waals surface area contributed by atoms with Gasteiger partial charge in [0.05, 0.1) is 17.6 Å². The summed E-state index contributed by atoms with van der Waals surface area (Å²) in [5.41, 5.74) is 1.88. The van der Waals surface area contributed by atoms with E-state index in [1.807, 2.05) is 13.0 Å². The second-order valence-electron chi connectivity index (χ2n) is 3.57. The van der Waals surface area contributed by atoms with Gasteiger partial charge in [-0.3, -0.25) is 0 Å². The topological polar surface area (TPSA) is 39.2 Å². The van der Waals surface area contributed by atoms with E-state index in [1.54, 1.807) is 12.1 Å². The maximum Gasteiger partial charge on any atom is 0.356 e. The van der Waals surface area contributed by atoms with Crippen LogP contribution in [-0.4, -0.2) is 18.1 Å². The fraction of sp³-hybridized carbons (Fsp3) is 0.167. The largest absolute Gasteiger partial charge is 0.464 e. The van der Waals surface area contributed by atoms with Gasteiger partial charge in [-0.05, 0) is 46.6 Å². The molecule has 0 aliphatic carbocycles. The molecule has 17 heavy (non-hydrogen) atoms. The number of hydrogen-bond acceptors (Lipinski definition) is 3. The number of aromatic nitrogens is 1. The number of ether oxygens (including phenoxy) is 1. The van der Waals surface area contributed by atoms with E-state index in [4.69, 9.17) is 11.6 Å². The number of nitrogens with zero attached hydrogens (tertiary/aromatic N) is 1.